The van der Waals surface area contributed by atoms with E-state index < -0.39 is 0 Å². The molecule has 0 unspecified atom stereocenters. The van der Waals surface area contributed by atoms with Crippen molar-refractivity contribution < 1.29 is 4.42 Å². The Hall–Kier alpha value is -2.57. The van der Waals surface area contributed by atoms with Gasteiger partial charge in [0, 0.05) is 18.0 Å². The van der Waals surface area contributed by atoms with E-state index in [1.54, 1.807) is 18.5 Å². The summed E-state index contributed by atoms with van der Waals surface area (Å²) >= 11 is 7.68. The highest BCUT2D eigenvalue weighted by Gasteiger charge is 2.18. The number of benzene rings is 1. The fourth-order valence-corrected chi connectivity index (χ4v) is 3.46. The van der Waals surface area contributed by atoms with Crippen LogP contribution in [-0.2, 0) is 0 Å². The number of hydrogen-bond acceptors (Lipinski definition) is 6. The maximum absolute atomic E-state index is 6.18. The van der Waals surface area contributed by atoms with Gasteiger partial charge < -0.3 is 4.42 Å². The maximum Gasteiger partial charge on any atom is 0.260 e. The highest BCUT2D eigenvalue weighted by Crippen LogP contribution is 2.36. The van der Waals surface area contributed by atoms with Crippen LogP contribution in [0.25, 0.3) is 32.8 Å². The minimum atomic E-state index is 0.395. The van der Waals surface area contributed by atoms with Crippen LogP contribution in [0.1, 0.15) is 5.69 Å². The zero-order valence-electron chi connectivity index (χ0n) is 12.6. The normalized spacial score (nSPS) is 10.9. The summed E-state index contributed by atoms with van der Waals surface area (Å²) in [6, 6.07) is 11.2. The average Bonchev–Trinajstić information content (AvgIpc) is 3.23. The lowest BCUT2D eigenvalue weighted by Crippen LogP contribution is -1.79. The van der Waals surface area contributed by atoms with Crippen molar-refractivity contribution in [3.05, 3.63) is 59.5 Å². The molecule has 0 spiro atoms. The van der Waals surface area contributed by atoms with Gasteiger partial charge in [0.1, 0.15) is 9.88 Å². The van der Waals surface area contributed by atoms with Crippen molar-refractivity contribution in [2.45, 2.75) is 6.92 Å². The Kier molecular flexibility index (Phi) is 3.84. The lowest BCUT2D eigenvalue weighted by Gasteiger charge is -1.96. The van der Waals surface area contributed by atoms with Crippen LogP contribution in [-0.4, -0.2) is 20.2 Å². The van der Waals surface area contributed by atoms with Crippen molar-refractivity contribution in [2.75, 3.05) is 0 Å². The van der Waals surface area contributed by atoms with Crippen LogP contribution in [0.3, 0.4) is 0 Å². The number of aryl methyl sites for hydroxylation is 1. The van der Waals surface area contributed by atoms with Gasteiger partial charge in [-0.15, -0.1) is 21.5 Å². The summed E-state index contributed by atoms with van der Waals surface area (Å²) in [7, 11) is 0. The zero-order chi connectivity index (χ0) is 16.5. The molecule has 0 N–H and O–H groups in total. The molecule has 0 aliphatic carbocycles. The molecule has 7 heteroatoms. The molecule has 0 saturated heterocycles. The molecule has 5 nitrogen and oxygen atoms in total. The molecule has 0 atom stereocenters. The van der Waals surface area contributed by atoms with Crippen LogP contribution in [0.5, 0.6) is 0 Å². The van der Waals surface area contributed by atoms with E-state index >= 15 is 0 Å². The molecule has 1 aromatic carbocycles. The van der Waals surface area contributed by atoms with Crippen LogP contribution in [0, 0.1) is 6.92 Å². The molecular formula is C17H11ClN4OS. The predicted molar refractivity (Wildman–Crippen MR) is 93.8 cm³/mol. The van der Waals surface area contributed by atoms with Gasteiger partial charge in [-0.25, -0.2) is 4.98 Å². The Morgan fingerprint density at radius 3 is 2.67 bits per heavy atom. The maximum atomic E-state index is 6.18. The molecule has 0 radical (unpaired) electrons. The molecule has 4 rings (SSSR count). The van der Waals surface area contributed by atoms with E-state index in [1.807, 2.05) is 37.3 Å². The molecule has 0 bridgehead atoms. The highest BCUT2D eigenvalue weighted by molar-refractivity contribution is 7.18. The number of pyridine rings is 1. The number of aromatic nitrogens is 4. The van der Waals surface area contributed by atoms with Crippen molar-refractivity contribution in [2.24, 2.45) is 0 Å². The van der Waals surface area contributed by atoms with Gasteiger partial charge in [0.05, 0.1) is 16.3 Å². The second-order valence-corrected chi connectivity index (χ2v) is 6.47. The quantitative estimate of drug-likeness (QED) is 0.524. The first kappa shape index (κ1) is 15.0. The first-order chi connectivity index (χ1) is 11.7. The topological polar surface area (TPSA) is 64.7 Å². The second kappa shape index (κ2) is 6.14. The van der Waals surface area contributed by atoms with Crippen molar-refractivity contribution in [1.29, 1.82) is 0 Å². The van der Waals surface area contributed by atoms with Crippen LogP contribution >= 0.6 is 22.9 Å². The molecule has 0 saturated carbocycles. The van der Waals surface area contributed by atoms with E-state index in [0.29, 0.717) is 22.4 Å². The summed E-state index contributed by atoms with van der Waals surface area (Å²) in [5.74, 6) is 0.835. The van der Waals surface area contributed by atoms with Crippen molar-refractivity contribution >= 4 is 22.9 Å². The Morgan fingerprint density at radius 2 is 1.88 bits per heavy atom. The molecule has 0 amide bonds. The summed E-state index contributed by atoms with van der Waals surface area (Å²) in [5.41, 5.74) is 2.52. The second-order valence-electron chi connectivity index (χ2n) is 5.07. The Balaban J connectivity index is 1.73. The van der Waals surface area contributed by atoms with Gasteiger partial charge in [0.25, 0.3) is 5.89 Å². The van der Waals surface area contributed by atoms with E-state index in [4.69, 9.17) is 16.0 Å². The van der Waals surface area contributed by atoms with Crippen LogP contribution in [0.15, 0.2) is 53.2 Å². The van der Waals surface area contributed by atoms with E-state index in [-0.39, 0.29) is 0 Å². The summed E-state index contributed by atoms with van der Waals surface area (Å²) in [5, 5.41) is 9.71. The lowest BCUT2D eigenvalue weighted by atomic mass is 10.2. The summed E-state index contributed by atoms with van der Waals surface area (Å²) < 4.78 is 5.81. The fourth-order valence-electron chi connectivity index (χ4n) is 2.27. The SMILES string of the molecule is Cc1nc(-c2cccnc2)sc1-c1nnc(-c2ccccc2Cl)o1. The Labute approximate surface area is 147 Å². The first-order valence-electron chi connectivity index (χ1n) is 7.19. The van der Waals surface area contributed by atoms with Gasteiger partial charge in [-0.05, 0) is 31.2 Å². The molecule has 0 aliphatic rings. The molecule has 3 heterocycles. The first-order valence-corrected chi connectivity index (χ1v) is 8.38. The molecule has 4 aromatic rings. The third-order valence-corrected chi connectivity index (χ3v) is 4.95. The van der Waals surface area contributed by atoms with Crippen molar-refractivity contribution in [3.63, 3.8) is 0 Å². The van der Waals surface area contributed by atoms with E-state index in [1.165, 1.54) is 11.3 Å². The van der Waals surface area contributed by atoms with Gasteiger partial charge in [-0.2, -0.15) is 0 Å². The zero-order valence-corrected chi connectivity index (χ0v) is 14.2. The monoisotopic (exact) mass is 354 g/mol. The average molecular weight is 355 g/mol. The summed E-state index contributed by atoms with van der Waals surface area (Å²) in [4.78, 5) is 9.56. The standard InChI is InChI=1S/C17H11ClN4OS/c1-10-14(24-17(20-10)11-5-4-8-19-9-11)16-22-21-15(23-16)12-6-2-3-7-13(12)18/h2-9H,1H3. The van der Waals surface area contributed by atoms with E-state index in [2.05, 4.69) is 20.2 Å². The number of nitrogens with zero attached hydrogens (tertiary/aromatic N) is 4. The lowest BCUT2D eigenvalue weighted by molar-refractivity contribution is 0.585. The van der Waals surface area contributed by atoms with E-state index in [9.17, 15) is 0 Å². The largest absolute Gasteiger partial charge is 0.415 e. The van der Waals surface area contributed by atoms with Gasteiger partial charge in [-0.3, -0.25) is 4.98 Å². The van der Waals surface area contributed by atoms with Crippen LogP contribution in [0.4, 0.5) is 0 Å². The van der Waals surface area contributed by atoms with Crippen molar-refractivity contribution in [3.8, 4) is 32.8 Å². The minimum Gasteiger partial charge on any atom is -0.415 e. The van der Waals surface area contributed by atoms with Gasteiger partial charge in [0.2, 0.25) is 5.89 Å². The molecule has 118 valence electrons. The van der Waals surface area contributed by atoms with Crippen LogP contribution < -0.4 is 0 Å². The third-order valence-electron chi connectivity index (χ3n) is 3.43. The van der Waals surface area contributed by atoms with Crippen LogP contribution in [0.2, 0.25) is 5.02 Å². The number of hydrogen-bond donors (Lipinski definition) is 0. The number of halogens is 1. The third kappa shape index (κ3) is 2.70. The number of rotatable bonds is 3. The molecular weight excluding hydrogens is 344 g/mol. The minimum absolute atomic E-state index is 0.395. The highest BCUT2D eigenvalue weighted by atomic mass is 35.5. The Morgan fingerprint density at radius 1 is 1.04 bits per heavy atom. The molecule has 0 aliphatic heterocycles. The fraction of sp³-hybridized carbons (Fsp3) is 0.0588. The van der Waals surface area contributed by atoms with Gasteiger partial charge in [-0.1, -0.05) is 23.7 Å². The molecule has 24 heavy (non-hydrogen) atoms. The molecule has 3 aromatic heterocycles. The molecule has 0 fully saturated rings. The Bertz CT molecular complexity index is 997. The summed E-state index contributed by atoms with van der Waals surface area (Å²) in [6.07, 6.45) is 3.52. The van der Waals surface area contributed by atoms with Gasteiger partial charge >= 0.3 is 0 Å². The van der Waals surface area contributed by atoms with Gasteiger partial charge in [0.15, 0.2) is 0 Å². The number of thiazole rings is 1. The van der Waals surface area contributed by atoms with E-state index in [0.717, 1.165) is 21.1 Å². The van der Waals surface area contributed by atoms with Crippen molar-refractivity contribution in [1.82, 2.24) is 20.2 Å². The predicted octanol–water partition coefficient (Wildman–Crippen LogP) is 4.88. The summed E-state index contributed by atoms with van der Waals surface area (Å²) in [6.45, 7) is 1.92. The smallest absolute Gasteiger partial charge is 0.260 e.